The van der Waals surface area contributed by atoms with Crippen molar-refractivity contribution in [2.75, 3.05) is 19.6 Å². The summed E-state index contributed by atoms with van der Waals surface area (Å²) in [5.74, 6) is 0.877. The molecule has 2 aliphatic heterocycles. The molecule has 0 N–H and O–H groups in total. The summed E-state index contributed by atoms with van der Waals surface area (Å²) < 4.78 is 11.8. The van der Waals surface area contributed by atoms with Crippen LogP contribution in [0.3, 0.4) is 0 Å². The number of nitrogens with zero attached hydrogens (tertiary/aromatic N) is 1. The predicted octanol–water partition coefficient (Wildman–Crippen LogP) is 3.56. The SMILES string of the molecule is CCN1CCC(OC(=O)C2c3ccccc3Oc3ccccc32)C1. The number of carbonyl (C=O) groups excluding carboxylic acids is 1. The summed E-state index contributed by atoms with van der Waals surface area (Å²) in [4.78, 5) is 15.3. The second-order valence-corrected chi connectivity index (χ2v) is 6.35. The molecule has 0 bridgehead atoms. The number of fused-ring (bicyclic) bond motifs is 2. The molecule has 2 aliphatic rings. The minimum absolute atomic E-state index is 0.0142. The summed E-state index contributed by atoms with van der Waals surface area (Å²) in [7, 11) is 0. The minimum Gasteiger partial charge on any atom is -0.460 e. The van der Waals surface area contributed by atoms with Crippen molar-refractivity contribution in [3.63, 3.8) is 0 Å². The van der Waals surface area contributed by atoms with Gasteiger partial charge in [0.2, 0.25) is 0 Å². The molecule has 0 amide bonds. The molecule has 0 aliphatic carbocycles. The standard InChI is InChI=1S/C20H21NO3/c1-2-21-12-11-14(13-21)23-20(22)19-15-7-3-5-9-17(15)24-18-10-6-4-8-16(18)19/h3-10,14,19H,2,11-13H2,1H3. The lowest BCUT2D eigenvalue weighted by Crippen LogP contribution is -2.28. The molecule has 2 aromatic carbocycles. The Kier molecular flexibility index (Phi) is 3.98. The second kappa shape index (κ2) is 6.29. The quantitative estimate of drug-likeness (QED) is 0.810. The zero-order valence-electron chi connectivity index (χ0n) is 13.8. The average Bonchev–Trinajstić information content (AvgIpc) is 3.07. The van der Waals surface area contributed by atoms with Crippen LogP contribution in [0.15, 0.2) is 48.5 Å². The van der Waals surface area contributed by atoms with Crippen molar-refractivity contribution < 1.29 is 14.3 Å². The largest absolute Gasteiger partial charge is 0.460 e. The molecule has 1 fully saturated rings. The van der Waals surface area contributed by atoms with Gasteiger partial charge in [0.1, 0.15) is 23.5 Å². The Morgan fingerprint density at radius 3 is 2.33 bits per heavy atom. The van der Waals surface area contributed by atoms with Crippen molar-refractivity contribution in [2.45, 2.75) is 25.4 Å². The first-order valence-electron chi connectivity index (χ1n) is 8.55. The van der Waals surface area contributed by atoms with Gasteiger partial charge in [0.25, 0.3) is 0 Å². The lowest BCUT2D eigenvalue weighted by Gasteiger charge is -2.27. The maximum atomic E-state index is 13.0. The highest BCUT2D eigenvalue weighted by atomic mass is 16.5. The van der Waals surface area contributed by atoms with Gasteiger partial charge in [0, 0.05) is 24.2 Å². The van der Waals surface area contributed by atoms with Crippen LogP contribution in [0.5, 0.6) is 11.5 Å². The van der Waals surface area contributed by atoms with Gasteiger partial charge in [-0.05, 0) is 25.1 Å². The Morgan fingerprint density at radius 1 is 1.12 bits per heavy atom. The van der Waals surface area contributed by atoms with Crippen LogP contribution >= 0.6 is 0 Å². The fourth-order valence-electron chi connectivity index (χ4n) is 3.58. The Morgan fingerprint density at radius 2 is 1.75 bits per heavy atom. The van der Waals surface area contributed by atoms with E-state index in [0.29, 0.717) is 0 Å². The number of hydrogen-bond acceptors (Lipinski definition) is 4. The molecule has 0 saturated carbocycles. The number of para-hydroxylation sites is 2. The van der Waals surface area contributed by atoms with Crippen LogP contribution in [0.25, 0.3) is 0 Å². The summed E-state index contributed by atoms with van der Waals surface area (Å²) >= 11 is 0. The number of likely N-dealkylation sites (N-methyl/N-ethyl adjacent to an activating group) is 1. The van der Waals surface area contributed by atoms with Gasteiger partial charge in [0.05, 0.1) is 0 Å². The van der Waals surface area contributed by atoms with Crippen LogP contribution in [0.2, 0.25) is 0 Å². The number of likely N-dealkylation sites (tertiary alicyclic amines) is 1. The average molecular weight is 323 g/mol. The Hall–Kier alpha value is -2.33. The van der Waals surface area contributed by atoms with Crippen LogP contribution in [0.4, 0.5) is 0 Å². The summed E-state index contributed by atoms with van der Waals surface area (Å²) in [6, 6.07) is 15.4. The van der Waals surface area contributed by atoms with Gasteiger partial charge < -0.3 is 9.47 Å². The highest BCUT2D eigenvalue weighted by molar-refractivity contribution is 5.85. The van der Waals surface area contributed by atoms with Gasteiger partial charge in [-0.15, -0.1) is 0 Å². The monoisotopic (exact) mass is 323 g/mol. The molecule has 1 saturated heterocycles. The van der Waals surface area contributed by atoms with Crippen LogP contribution in [-0.4, -0.2) is 36.6 Å². The van der Waals surface area contributed by atoms with Crippen molar-refractivity contribution in [3.8, 4) is 11.5 Å². The Balaban J connectivity index is 1.63. The zero-order valence-corrected chi connectivity index (χ0v) is 13.8. The number of ether oxygens (including phenoxy) is 2. The van der Waals surface area contributed by atoms with Crippen molar-refractivity contribution in [1.29, 1.82) is 0 Å². The van der Waals surface area contributed by atoms with Gasteiger partial charge in [-0.3, -0.25) is 9.69 Å². The molecule has 0 radical (unpaired) electrons. The van der Waals surface area contributed by atoms with E-state index in [-0.39, 0.29) is 12.1 Å². The molecule has 0 aromatic heterocycles. The van der Waals surface area contributed by atoms with Crippen LogP contribution in [-0.2, 0) is 9.53 Å². The molecule has 24 heavy (non-hydrogen) atoms. The lowest BCUT2D eigenvalue weighted by atomic mass is 9.88. The van der Waals surface area contributed by atoms with Gasteiger partial charge >= 0.3 is 5.97 Å². The fourth-order valence-corrected chi connectivity index (χ4v) is 3.58. The van der Waals surface area contributed by atoms with E-state index in [1.165, 1.54) is 0 Å². The maximum absolute atomic E-state index is 13.0. The van der Waals surface area contributed by atoms with Crippen LogP contribution in [0.1, 0.15) is 30.4 Å². The van der Waals surface area contributed by atoms with Crippen molar-refractivity contribution >= 4 is 5.97 Å². The highest BCUT2D eigenvalue weighted by Crippen LogP contribution is 2.44. The molecule has 1 atom stereocenters. The molecule has 2 aromatic rings. The molecule has 0 spiro atoms. The van der Waals surface area contributed by atoms with Gasteiger partial charge in [-0.25, -0.2) is 0 Å². The van der Waals surface area contributed by atoms with E-state index in [0.717, 1.165) is 48.7 Å². The maximum Gasteiger partial charge on any atom is 0.318 e. The molecular weight excluding hydrogens is 302 g/mol. The second-order valence-electron chi connectivity index (χ2n) is 6.35. The first kappa shape index (κ1) is 15.2. The number of esters is 1. The summed E-state index contributed by atoms with van der Waals surface area (Å²) in [5, 5.41) is 0. The summed E-state index contributed by atoms with van der Waals surface area (Å²) in [6.07, 6.45) is 0.895. The van der Waals surface area contributed by atoms with Crippen LogP contribution < -0.4 is 4.74 Å². The molecule has 1 unspecified atom stereocenters. The molecule has 4 nitrogen and oxygen atoms in total. The third-order valence-corrected chi connectivity index (χ3v) is 4.87. The number of hydrogen-bond donors (Lipinski definition) is 0. The number of carbonyl (C=O) groups is 1. The van der Waals surface area contributed by atoms with E-state index in [9.17, 15) is 4.79 Å². The smallest absolute Gasteiger partial charge is 0.318 e. The molecule has 2 heterocycles. The summed E-state index contributed by atoms with van der Waals surface area (Å²) in [6.45, 7) is 4.95. The third kappa shape index (κ3) is 2.67. The Bertz CT molecular complexity index is 713. The molecular formula is C20H21NO3. The predicted molar refractivity (Wildman–Crippen MR) is 91.4 cm³/mol. The van der Waals surface area contributed by atoms with Crippen molar-refractivity contribution in [2.24, 2.45) is 0 Å². The van der Waals surface area contributed by atoms with Crippen molar-refractivity contribution in [3.05, 3.63) is 59.7 Å². The van der Waals surface area contributed by atoms with Crippen LogP contribution in [0, 0.1) is 0 Å². The van der Waals surface area contributed by atoms with Gasteiger partial charge in [0.15, 0.2) is 0 Å². The third-order valence-electron chi connectivity index (χ3n) is 4.87. The zero-order chi connectivity index (χ0) is 16.5. The molecule has 4 rings (SSSR count). The fraction of sp³-hybridized carbons (Fsp3) is 0.350. The Labute approximate surface area is 142 Å². The van der Waals surface area contributed by atoms with Crippen molar-refractivity contribution in [1.82, 2.24) is 4.90 Å². The minimum atomic E-state index is -0.415. The number of rotatable bonds is 3. The van der Waals surface area contributed by atoms with E-state index in [1.54, 1.807) is 0 Å². The van der Waals surface area contributed by atoms with E-state index in [2.05, 4.69) is 11.8 Å². The topological polar surface area (TPSA) is 38.8 Å². The van der Waals surface area contributed by atoms with Gasteiger partial charge in [-0.2, -0.15) is 0 Å². The first-order chi connectivity index (χ1) is 11.8. The lowest BCUT2D eigenvalue weighted by molar-refractivity contribution is -0.149. The highest BCUT2D eigenvalue weighted by Gasteiger charge is 2.35. The normalized spacial score (nSPS) is 20.1. The van der Waals surface area contributed by atoms with E-state index >= 15 is 0 Å². The van der Waals surface area contributed by atoms with E-state index < -0.39 is 5.92 Å². The number of benzene rings is 2. The molecule has 124 valence electrons. The van der Waals surface area contributed by atoms with E-state index in [4.69, 9.17) is 9.47 Å². The van der Waals surface area contributed by atoms with E-state index in [1.807, 2.05) is 48.5 Å². The summed E-state index contributed by atoms with van der Waals surface area (Å²) in [5.41, 5.74) is 1.76. The van der Waals surface area contributed by atoms with Gasteiger partial charge in [-0.1, -0.05) is 43.3 Å². The first-order valence-corrected chi connectivity index (χ1v) is 8.55. The molecule has 4 heteroatoms.